The number of benzene rings is 2. The first-order valence-corrected chi connectivity index (χ1v) is 11.7. The number of nitrogens with one attached hydrogen (secondary N) is 1. The first-order valence-electron chi connectivity index (χ1n) is 11.4. The fraction of sp³-hybridized carbons (Fsp3) is 0.333. The SMILES string of the molecule is Cc1nc(-c2ccc(N3CC(CN4CCN(C(=O)Nc5ccc(Cl)cc5)CC4)OC3=O)cc2)no1. The molecule has 2 saturated heterocycles. The third kappa shape index (κ3) is 5.39. The number of aromatic nitrogens is 2. The molecule has 5 rings (SSSR count). The van der Waals surface area contributed by atoms with Crippen LogP contribution in [0.2, 0.25) is 5.02 Å². The number of nitrogens with zero attached hydrogens (tertiary/aromatic N) is 5. The van der Waals surface area contributed by atoms with Gasteiger partial charge in [0.1, 0.15) is 6.10 Å². The van der Waals surface area contributed by atoms with Crippen molar-refractivity contribution in [3.8, 4) is 11.4 Å². The predicted molar refractivity (Wildman–Crippen MR) is 131 cm³/mol. The zero-order chi connectivity index (χ0) is 24.4. The van der Waals surface area contributed by atoms with Crippen LogP contribution >= 0.6 is 11.6 Å². The fourth-order valence-corrected chi connectivity index (χ4v) is 4.32. The zero-order valence-electron chi connectivity index (χ0n) is 19.2. The minimum Gasteiger partial charge on any atom is -0.443 e. The molecule has 1 atom stereocenters. The maximum absolute atomic E-state index is 12.5. The third-order valence-corrected chi connectivity index (χ3v) is 6.31. The standard InChI is InChI=1S/C24H25ClN6O4/c1-16-26-22(28-35-16)17-2-8-20(9-3-17)31-15-21(34-24(31)33)14-29-10-12-30(13-11-29)23(32)27-19-6-4-18(25)5-7-19/h2-9,21H,10-15H2,1H3,(H,27,32). The minimum absolute atomic E-state index is 0.134. The molecule has 35 heavy (non-hydrogen) atoms. The molecule has 2 aliphatic rings. The largest absolute Gasteiger partial charge is 0.443 e. The van der Waals surface area contributed by atoms with Gasteiger partial charge in [-0.2, -0.15) is 4.98 Å². The van der Waals surface area contributed by atoms with Crippen molar-refractivity contribution in [1.82, 2.24) is 19.9 Å². The molecule has 0 spiro atoms. The number of rotatable bonds is 5. The number of cyclic esters (lactones) is 1. The Balaban J connectivity index is 1.11. The fourth-order valence-electron chi connectivity index (χ4n) is 4.19. The van der Waals surface area contributed by atoms with Gasteiger partial charge in [0, 0.05) is 61.6 Å². The van der Waals surface area contributed by atoms with E-state index in [1.54, 1.807) is 41.0 Å². The van der Waals surface area contributed by atoms with Gasteiger partial charge in [-0.15, -0.1) is 0 Å². The summed E-state index contributed by atoms with van der Waals surface area (Å²) in [6.45, 7) is 5.44. The third-order valence-electron chi connectivity index (χ3n) is 6.06. The zero-order valence-corrected chi connectivity index (χ0v) is 19.9. The summed E-state index contributed by atoms with van der Waals surface area (Å²) in [6.07, 6.45) is -0.601. The van der Waals surface area contributed by atoms with Crippen LogP contribution in [0.1, 0.15) is 5.89 Å². The highest BCUT2D eigenvalue weighted by Crippen LogP contribution is 2.25. The van der Waals surface area contributed by atoms with Crippen LogP contribution in [0.25, 0.3) is 11.4 Å². The van der Waals surface area contributed by atoms with Gasteiger partial charge in [-0.05, 0) is 48.5 Å². The number of hydrogen-bond acceptors (Lipinski definition) is 7. The Labute approximate surface area is 207 Å². The maximum atomic E-state index is 12.5. The number of amides is 3. The molecule has 182 valence electrons. The van der Waals surface area contributed by atoms with Crippen molar-refractivity contribution in [3.05, 3.63) is 59.4 Å². The van der Waals surface area contributed by atoms with Gasteiger partial charge in [0.05, 0.1) is 6.54 Å². The molecule has 0 aliphatic carbocycles. The van der Waals surface area contributed by atoms with Crippen molar-refractivity contribution < 1.29 is 18.8 Å². The van der Waals surface area contributed by atoms with Gasteiger partial charge in [-0.25, -0.2) is 9.59 Å². The van der Waals surface area contributed by atoms with Crippen LogP contribution in [0.15, 0.2) is 53.1 Å². The number of piperazine rings is 1. The van der Waals surface area contributed by atoms with Crippen molar-refractivity contribution in [2.45, 2.75) is 13.0 Å². The maximum Gasteiger partial charge on any atom is 0.414 e. The lowest BCUT2D eigenvalue weighted by Crippen LogP contribution is -2.51. The molecule has 1 N–H and O–H groups in total. The van der Waals surface area contributed by atoms with Crippen LogP contribution in [0.5, 0.6) is 0 Å². The van der Waals surface area contributed by atoms with E-state index >= 15 is 0 Å². The lowest BCUT2D eigenvalue weighted by atomic mass is 10.2. The molecule has 2 fully saturated rings. The first-order chi connectivity index (χ1) is 16.9. The van der Waals surface area contributed by atoms with Crippen molar-refractivity contribution in [2.24, 2.45) is 0 Å². The Morgan fingerprint density at radius 1 is 1.09 bits per heavy atom. The smallest absolute Gasteiger partial charge is 0.414 e. The Morgan fingerprint density at radius 2 is 1.80 bits per heavy atom. The molecular weight excluding hydrogens is 472 g/mol. The van der Waals surface area contributed by atoms with Crippen LogP contribution < -0.4 is 10.2 Å². The molecular formula is C24H25ClN6O4. The van der Waals surface area contributed by atoms with E-state index in [0.29, 0.717) is 61.7 Å². The second-order valence-corrected chi connectivity index (χ2v) is 8.96. The Kier molecular flexibility index (Phi) is 6.56. The summed E-state index contributed by atoms with van der Waals surface area (Å²) < 4.78 is 10.6. The molecule has 2 aliphatic heterocycles. The quantitative estimate of drug-likeness (QED) is 0.571. The Bertz CT molecular complexity index is 1190. The summed E-state index contributed by atoms with van der Waals surface area (Å²) in [6, 6.07) is 14.3. The summed E-state index contributed by atoms with van der Waals surface area (Å²) in [5.41, 5.74) is 2.28. The number of halogens is 1. The van der Waals surface area contributed by atoms with E-state index in [-0.39, 0.29) is 18.2 Å². The molecule has 0 saturated carbocycles. The molecule has 11 heteroatoms. The van der Waals surface area contributed by atoms with E-state index in [1.807, 2.05) is 24.3 Å². The van der Waals surface area contributed by atoms with Gasteiger partial charge < -0.3 is 19.5 Å². The molecule has 0 radical (unpaired) electrons. The van der Waals surface area contributed by atoms with Crippen LogP contribution in [0.3, 0.4) is 0 Å². The monoisotopic (exact) mass is 496 g/mol. The topological polar surface area (TPSA) is 104 Å². The van der Waals surface area contributed by atoms with E-state index in [1.165, 1.54) is 0 Å². The highest BCUT2D eigenvalue weighted by atomic mass is 35.5. The number of carbonyl (C=O) groups excluding carboxylic acids is 2. The summed E-state index contributed by atoms with van der Waals surface area (Å²) >= 11 is 5.90. The van der Waals surface area contributed by atoms with E-state index in [4.69, 9.17) is 20.9 Å². The van der Waals surface area contributed by atoms with Gasteiger partial charge in [0.2, 0.25) is 11.7 Å². The van der Waals surface area contributed by atoms with Gasteiger partial charge in [-0.1, -0.05) is 16.8 Å². The minimum atomic E-state index is -0.362. The Morgan fingerprint density at radius 3 is 2.46 bits per heavy atom. The number of hydrogen-bond donors (Lipinski definition) is 1. The van der Waals surface area contributed by atoms with E-state index in [9.17, 15) is 9.59 Å². The summed E-state index contributed by atoms with van der Waals surface area (Å²) in [5.74, 6) is 1.01. The van der Waals surface area contributed by atoms with Crippen LogP contribution in [0.4, 0.5) is 21.0 Å². The number of carbonyl (C=O) groups is 2. The van der Waals surface area contributed by atoms with Crippen LogP contribution in [0, 0.1) is 6.92 Å². The predicted octanol–water partition coefficient (Wildman–Crippen LogP) is 3.87. The number of ether oxygens (including phenoxy) is 1. The molecule has 2 aromatic carbocycles. The van der Waals surface area contributed by atoms with Crippen molar-refractivity contribution in [2.75, 3.05) is 49.5 Å². The lowest BCUT2D eigenvalue weighted by molar-refractivity contribution is 0.0863. The average Bonchev–Trinajstić information content (AvgIpc) is 3.46. The highest BCUT2D eigenvalue weighted by Gasteiger charge is 2.34. The van der Waals surface area contributed by atoms with Crippen molar-refractivity contribution in [1.29, 1.82) is 0 Å². The van der Waals surface area contributed by atoms with Crippen molar-refractivity contribution >= 4 is 35.1 Å². The molecule has 3 amide bonds. The molecule has 0 bridgehead atoms. The Hall–Kier alpha value is -3.63. The van der Waals surface area contributed by atoms with Gasteiger partial charge >= 0.3 is 12.1 Å². The number of anilines is 2. The van der Waals surface area contributed by atoms with Gasteiger partial charge in [-0.3, -0.25) is 9.80 Å². The first kappa shape index (κ1) is 23.1. The molecule has 3 aromatic rings. The molecule has 1 aromatic heterocycles. The van der Waals surface area contributed by atoms with Gasteiger partial charge in [0.15, 0.2) is 0 Å². The normalized spacial score (nSPS) is 18.6. The number of aryl methyl sites for hydroxylation is 1. The second-order valence-electron chi connectivity index (χ2n) is 8.52. The average molecular weight is 497 g/mol. The highest BCUT2D eigenvalue weighted by molar-refractivity contribution is 6.30. The van der Waals surface area contributed by atoms with E-state index in [0.717, 1.165) is 11.3 Å². The van der Waals surface area contributed by atoms with E-state index in [2.05, 4.69) is 20.4 Å². The molecule has 1 unspecified atom stereocenters. The summed E-state index contributed by atoms with van der Waals surface area (Å²) in [5, 5.41) is 7.43. The second kappa shape index (κ2) is 9.93. The lowest BCUT2D eigenvalue weighted by Gasteiger charge is -2.35. The van der Waals surface area contributed by atoms with Gasteiger partial charge in [0.25, 0.3) is 0 Å². The molecule has 10 nitrogen and oxygen atoms in total. The summed E-state index contributed by atoms with van der Waals surface area (Å²) in [4.78, 5) is 34.9. The molecule has 3 heterocycles. The summed E-state index contributed by atoms with van der Waals surface area (Å²) in [7, 11) is 0. The van der Waals surface area contributed by atoms with E-state index < -0.39 is 0 Å². The van der Waals surface area contributed by atoms with Crippen LogP contribution in [-0.4, -0.2) is 77.4 Å². The number of urea groups is 1. The van der Waals surface area contributed by atoms with Crippen molar-refractivity contribution in [3.63, 3.8) is 0 Å². The van der Waals surface area contributed by atoms with Crippen LogP contribution in [-0.2, 0) is 4.74 Å².